The highest BCUT2D eigenvalue weighted by atomic mass is 32.2. The van der Waals surface area contributed by atoms with Crippen LogP contribution in [0.15, 0.2) is 0 Å². The van der Waals surface area contributed by atoms with E-state index in [-0.39, 0.29) is 11.2 Å². The smallest absolute Gasteiger partial charge is 0.214 e. The summed E-state index contributed by atoms with van der Waals surface area (Å²) >= 11 is 0. The zero-order valence-electron chi connectivity index (χ0n) is 10.3. The maximum absolute atomic E-state index is 12.0. The van der Waals surface area contributed by atoms with E-state index < -0.39 is 10.0 Å². The van der Waals surface area contributed by atoms with E-state index in [1.54, 1.807) is 0 Å². The molecule has 0 fully saturated rings. The van der Waals surface area contributed by atoms with Crippen LogP contribution in [0.3, 0.4) is 0 Å². The Kier molecular flexibility index (Phi) is 5.77. The van der Waals surface area contributed by atoms with Crippen LogP contribution in [-0.4, -0.2) is 38.1 Å². The van der Waals surface area contributed by atoms with Crippen LogP contribution in [0.4, 0.5) is 0 Å². The van der Waals surface area contributed by atoms with Crippen molar-refractivity contribution in [3.05, 3.63) is 0 Å². The molecule has 0 aromatic heterocycles. The predicted molar refractivity (Wildman–Crippen MR) is 64.2 cm³/mol. The average molecular weight is 236 g/mol. The molecule has 0 aliphatic carbocycles. The zero-order valence-corrected chi connectivity index (χ0v) is 11.1. The maximum atomic E-state index is 12.0. The fraction of sp³-hybridized carbons (Fsp3) is 1.00. The third kappa shape index (κ3) is 6.12. The summed E-state index contributed by atoms with van der Waals surface area (Å²) < 4.78 is 25.5. The van der Waals surface area contributed by atoms with Crippen molar-refractivity contribution in [1.82, 2.24) is 4.31 Å². The van der Waals surface area contributed by atoms with Crippen molar-refractivity contribution in [3.8, 4) is 0 Å². The molecule has 0 atom stereocenters. The van der Waals surface area contributed by atoms with Crippen LogP contribution < -0.4 is 5.73 Å². The monoisotopic (exact) mass is 236 g/mol. The highest BCUT2D eigenvalue weighted by Gasteiger charge is 2.26. The largest absolute Gasteiger partial charge is 0.330 e. The molecule has 0 spiro atoms. The Morgan fingerprint density at radius 1 is 1.27 bits per heavy atom. The maximum Gasteiger partial charge on any atom is 0.214 e. The summed E-state index contributed by atoms with van der Waals surface area (Å²) in [5, 5.41) is 0. The summed E-state index contributed by atoms with van der Waals surface area (Å²) in [6.45, 7) is 9.24. The molecule has 0 saturated heterocycles. The third-order valence-electron chi connectivity index (χ3n) is 1.97. The lowest BCUT2D eigenvalue weighted by Crippen LogP contribution is -2.38. The zero-order chi connectivity index (χ0) is 12.1. The molecule has 0 heterocycles. The van der Waals surface area contributed by atoms with E-state index >= 15 is 0 Å². The number of hydrogen-bond acceptors (Lipinski definition) is 3. The van der Waals surface area contributed by atoms with Crippen molar-refractivity contribution < 1.29 is 8.42 Å². The summed E-state index contributed by atoms with van der Waals surface area (Å²) in [4.78, 5) is 0. The fourth-order valence-corrected chi connectivity index (χ4v) is 3.48. The van der Waals surface area contributed by atoms with Gasteiger partial charge in [-0.05, 0) is 18.4 Å². The molecule has 0 aliphatic heterocycles. The molecule has 0 radical (unpaired) electrons. The van der Waals surface area contributed by atoms with Crippen molar-refractivity contribution in [2.75, 3.05) is 25.4 Å². The summed E-state index contributed by atoms with van der Waals surface area (Å²) in [5.41, 5.74) is 5.18. The second-order valence-corrected chi connectivity index (χ2v) is 6.92. The molecule has 0 unspecified atom stereocenters. The second-order valence-electron chi connectivity index (χ2n) is 4.95. The standard InChI is InChI=1S/C10H24N2O2S/c1-5-12(8-6-7-11)15(13,14)9-10(2,3)4/h5-9,11H2,1-4H3. The minimum Gasteiger partial charge on any atom is -0.330 e. The van der Waals surface area contributed by atoms with Gasteiger partial charge in [-0.25, -0.2) is 12.7 Å². The van der Waals surface area contributed by atoms with Gasteiger partial charge in [0.2, 0.25) is 10.0 Å². The second kappa shape index (κ2) is 5.82. The van der Waals surface area contributed by atoms with E-state index in [2.05, 4.69) is 0 Å². The molecule has 4 nitrogen and oxygen atoms in total. The van der Waals surface area contributed by atoms with Gasteiger partial charge in [0.15, 0.2) is 0 Å². The van der Waals surface area contributed by atoms with Gasteiger partial charge in [-0.15, -0.1) is 0 Å². The highest BCUT2D eigenvalue weighted by molar-refractivity contribution is 7.89. The summed E-state index contributed by atoms with van der Waals surface area (Å²) in [6, 6.07) is 0. The van der Waals surface area contributed by atoms with Crippen molar-refractivity contribution in [2.45, 2.75) is 34.1 Å². The van der Waals surface area contributed by atoms with E-state index in [0.29, 0.717) is 19.6 Å². The Morgan fingerprint density at radius 3 is 2.13 bits per heavy atom. The number of sulfonamides is 1. The summed E-state index contributed by atoms with van der Waals surface area (Å²) in [7, 11) is -3.12. The van der Waals surface area contributed by atoms with Gasteiger partial charge in [0.1, 0.15) is 0 Å². The van der Waals surface area contributed by atoms with Gasteiger partial charge in [0.25, 0.3) is 0 Å². The first kappa shape index (κ1) is 14.9. The van der Waals surface area contributed by atoms with Gasteiger partial charge in [-0.3, -0.25) is 0 Å². The Bertz CT molecular complexity index is 268. The third-order valence-corrected chi connectivity index (χ3v) is 4.43. The van der Waals surface area contributed by atoms with Crippen LogP contribution in [0.5, 0.6) is 0 Å². The SMILES string of the molecule is CCN(CCCN)S(=O)(=O)CC(C)(C)C. The fourth-order valence-electron chi connectivity index (χ4n) is 1.40. The molecule has 0 saturated carbocycles. The number of nitrogens with two attached hydrogens (primary N) is 1. The molecule has 5 heteroatoms. The van der Waals surface area contributed by atoms with E-state index in [9.17, 15) is 8.42 Å². The van der Waals surface area contributed by atoms with Crippen LogP contribution in [-0.2, 0) is 10.0 Å². The van der Waals surface area contributed by atoms with Gasteiger partial charge in [0, 0.05) is 13.1 Å². The van der Waals surface area contributed by atoms with Crippen LogP contribution in [0.2, 0.25) is 0 Å². The lowest BCUT2D eigenvalue weighted by molar-refractivity contribution is 0.396. The van der Waals surface area contributed by atoms with Gasteiger partial charge in [-0.1, -0.05) is 27.7 Å². The van der Waals surface area contributed by atoms with Crippen molar-refractivity contribution in [3.63, 3.8) is 0 Å². The first-order valence-electron chi connectivity index (χ1n) is 5.41. The molecular weight excluding hydrogens is 212 g/mol. The molecule has 0 bridgehead atoms. The number of hydrogen-bond donors (Lipinski definition) is 1. The van der Waals surface area contributed by atoms with Crippen molar-refractivity contribution in [1.29, 1.82) is 0 Å². The molecule has 92 valence electrons. The predicted octanol–water partition coefficient (Wildman–Crippen LogP) is 1.03. The van der Waals surface area contributed by atoms with Crippen molar-refractivity contribution >= 4 is 10.0 Å². The summed E-state index contributed by atoms with van der Waals surface area (Å²) in [5.74, 6) is 0.193. The Balaban J connectivity index is 4.53. The summed E-state index contributed by atoms with van der Waals surface area (Å²) in [6.07, 6.45) is 0.719. The number of rotatable bonds is 6. The minimum absolute atomic E-state index is 0.193. The van der Waals surface area contributed by atoms with Gasteiger partial charge < -0.3 is 5.73 Å². The minimum atomic E-state index is -3.12. The normalized spacial score (nSPS) is 13.5. The highest BCUT2D eigenvalue weighted by Crippen LogP contribution is 2.18. The van der Waals surface area contributed by atoms with Crippen LogP contribution >= 0.6 is 0 Å². The van der Waals surface area contributed by atoms with Crippen molar-refractivity contribution in [2.24, 2.45) is 11.1 Å². The lowest BCUT2D eigenvalue weighted by Gasteiger charge is -2.25. The average Bonchev–Trinajstić information content (AvgIpc) is 2.00. The van der Waals surface area contributed by atoms with E-state index in [0.717, 1.165) is 6.42 Å². The first-order chi connectivity index (χ1) is 6.73. The molecule has 0 aromatic rings. The Labute approximate surface area is 93.9 Å². The van der Waals surface area contributed by atoms with Gasteiger partial charge in [0.05, 0.1) is 5.75 Å². The number of nitrogens with zero attached hydrogens (tertiary/aromatic N) is 1. The molecule has 0 amide bonds. The molecule has 15 heavy (non-hydrogen) atoms. The van der Waals surface area contributed by atoms with E-state index in [1.807, 2.05) is 27.7 Å². The van der Waals surface area contributed by atoms with Gasteiger partial charge >= 0.3 is 0 Å². The van der Waals surface area contributed by atoms with Crippen LogP contribution in [0.25, 0.3) is 0 Å². The van der Waals surface area contributed by atoms with Crippen LogP contribution in [0, 0.1) is 5.41 Å². The molecular formula is C10H24N2O2S. The Hall–Kier alpha value is -0.130. The van der Waals surface area contributed by atoms with Crippen LogP contribution in [0.1, 0.15) is 34.1 Å². The molecule has 0 aliphatic rings. The lowest BCUT2D eigenvalue weighted by atomic mass is 10.0. The molecule has 0 aromatic carbocycles. The molecule has 0 rings (SSSR count). The van der Waals surface area contributed by atoms with E-state index in [4.69, 9.17) is 5.73 Å². The van der Waals surface area contributed by atoms with Gasteiger partial charge in [-0.2, -0.15) is 0 Å². The first-order valence-corrected chi connectivity index (χ1v) is 7.02. The quantitative estimate of drug-likeness (QED) is 0.749. The molecule has 2 N–H and O–H groups in total. The Morgan fingerprint density at radius 2 is 1.80 bits per heavy atom. The van der Waals surface area contributed by atoms with E-state index in [1.165, 1.54) is 4.31 Å². The topological polar surface area (TPSA) is 63.4 Å².